The molecule has 0 aliphatic heterocycles. The molecule has 1 aromatic heterocycles. The van der Waals surface area contributed by atoms with Crippen molar-refractivity contribution in [2.24, 2.45) is 12.0 Å². The molecule has 6 nitrogen and oxygen atoms in total. The van der Waals surface area contributed by atoms with Crippen molar-refractivity contribution in [3.8, 4) is 0 Å². The van der Waals surface area contributed by atoms with Crippen LogP contribution in [0.2, 0.25) is 0 Å². The van der Waals surface area contributed by atoms with E-state index in [1.807, 2.05) is 24.6 Å². The van der Waals surface area contributed by atoms with E-state index in [0.717, 1.165) is 28.6 Å². The number of guanidine groups is 1. The van der Waals surface area contributed by atoms with Gasteiger partial charge in [0.05, 0.1) is 6.54 Å². The average molecular weight is 493 g/mol. The Kier molecular flexibility index (Phi) is 7.97. The van der Waals surface area contributed by atoms with E-state index in [1.54, 1.807) is 7.05 Å². The van der Waals surface area contributed by atoms with E-state index >= 15 is 0 Å². The average Bonchev–Trinajstić information content (AvgIpc) is 2.81. The van der Waals surface area contributed by atoms with E-state index in [1.165, 1.54) is 11.1 Å². The first-order chi connectivity index (χ1) is 10.5. The van der Waals surface area contributed by atoms with Gasteiger partial charge in [-0.1, -0.05) is 22.0 Å². The predicted octanol–water partition coefficient (Wildman–Crippen LogP) is 2.68. The van der Waals surface area contributed by atoms with Crippen LogP contribution in [0.3, 0.4) is 0 Å². The van der Waals surface area contributed by atoms with Gasteiger partial charge in [-0.2, -0.15) is 0 Å². The SMILES string of the molecule is CN=C(NCc1ccc(Br)cc1C)NCc1nnc(C)n1C.I. The molecule has 0 saturated carbocycles. The third-order valence-electron chi connectivity index (χ3n) is 3.57. The van der Waals surface area contributed by atoms with Crippen molar-refractivity contribution in [2.75, 3.05) is 7.05 Å². The first-order valence-electron chi connectivity index (χ1n) is 7.05. The fourth-order valence-electron chi connectivity index (χ4n) is 2.02. The third-order valence-corrected chi connectivity index (χ3v) is 4.06. The Labute approximate surface area is 162 Å². The Morgan fingerprint density at radius 3 is 2.48 bits per heavy atom. The molecule has 23 heavy (non-hydrogen) atoms. The lowest BCUT2D eigenvalue weighted by atomic mass is 10.1. The summed E-state index contributed by atoms with van der Waals surface area (Å²) in [6, 6.07) is 6.25. The number of benzene rings is 1. The molecule has 1 heterocycles. The topological polar surface area (TPSA) is 67.1 Å². The number of nitrogens with zero attached hydrogens (tertiary/aromatic N) is 4. The summed E-state index contributed by atoms with van der Waals surface area (Å²) in [6.45, 7) is 5.33. The lowest BCUT2D eigenvalue weighted by molar-refractivity contribution is 0.717. The number of aliphatic imine (C=N–C) groups is 1. The number of halogens is 2. The van der Waals surface area contributed by atoms with Crippen LogP contribution in [0.1, 0.15) is 22.8 Å². The zero-order valence-corrected chi connectivity index (χ0v) is 17.6. The molecular weight excluding hydrogens is 471 g/mol. The first-order valence-corrected chi connectivity index (χ1v) is 7.85. The molecule has 0 unspecified atom stereocenters. The van der Waals surface area contributed by atoms with Crippen molar-refractivity contribution >= 4 is 45.9 Å². The molecule has 2 rings (SSSR count). The van der Waals surface area contributed by atoms with Gasteiger partial charge in [0.2, 0.25) is 0 Å². The van der Waals surface area contributed by atoms with Gasteiger partial charge in [-0.3, -0.25) is 4.99 Å². The standard InChI is InChI=1S/C15H21BrN6.HI/c1-10-7-13(16)6-5-12(10)8-18-15(17-3)19-9-14-21-20-11(2)22(14)4;/h5-7H,8-9H2,1-4H3,(H2,17,18,19);1H. The summed E-state index contributed by atoms with van der Waals surface area (Å²) >= 11 is 3.48. The molecule has 0 aliphatic rings. The summed E-state index contributed by atoms with van der Waals surface area (Å²) in [7, 11) is 3.71. The van der Waals surface area contributed by atoms with Crippen molar-refractivity contribution in [3.63, 3.8) is 0 Å². The van der Waals surface area contributed by atoms with Crippen LogP contribution in [0.4, 0.5) is 0 Å². The highest BCUT2D eigenvalue weighted by Crippen LogP contribution is 2.15. The molecule has 0 aliphatic carbocycles. The summed E-state index contributed by atoms with van der Waals surface area (Å²) < 4.78 is 3.05. The molecule has 2 N–H and O–H groups in total. The van der Waals surface area contributed by atoms with Crippen LogP contribution in [-0.4, -0.2) is 27.8 Å². The highest BCUT2D eigenvalue weighted by atomic mass is 127. The fourth-order valence-corrected chi connectivity index (χ4v) is 2.50. The van der Waals surface area contributed by atoms with E-state index in [0.29, 0.717) is 6.54 Å². The first kappa shape index (κ1) is 19.9. The van der Waals surface area contributed by atoms with E-state index < -0.39 is 0 Å². The van der Waals surface area contributed by atoms with Crippen molar-refractivity contribution in [2.45, 2.75) is 26.9 Å². The van der Waals surface area contributed by atoms with Crippen LogP contribution in [-0.2, 0) is 20.1 Å². The van der Waals surface area contributed by atoms with E-state index in [-0.39, 0.29) is 24.0 Å². The van der Waals surface area contributed by atoms with Gasteiger partial charge in [0, 0.05) is 25.1 Å². The molecule has 1 aromatic carbocycles. The summed E-state index contributed by atoms with van der Waals surface area (Å²) in [4.78, 5) is 4.23. The molecule has 8 heteroatoms. The normalized spacial score (nSPS) is 11.1. The molecule has 0 fully saturated rings. The minimum Gasteiger partial charge on any atom is -0.352 e. The number of rotatable bonds is 4. The zero-order valence-electron chi connectivity index (χ0n) is 13.7. The third kappa shape index (κ3) is 5.45. The number of aryl methyl sites for hydroxylation is 2. The van der Waals surface area contributed by atoms with Gasteiger partial charge in [0.15, 0.2) is 11.8 Å². The summed E-state index contributed by atoms with van der Waals surface area (Å²) in [6.07, 6.45) is 0. The largest absolute Gasteiger partial charge is 0.352 e. The fraction of sp³-hybridized carbons (Fsp3) is 0.400. The van der Waals surface area contributed by atoms with Crippen LogP contribution in [0, 0.1) is 13.8 Å². The molecular formula is C15H22BrIN6. The Bertz CT molecular complexity index is 683. The smallest absolute Gasteiger partial charge is 0.191 e. The summed E-state index contributed by atoms with van der Waals surface area (Å²) in [5.74, 6) is 2.51. The molecule has 2 aromatic rings. The second-order valence-corrected chi connectivity index (χ2v) is 5.99. The molecule has 0 amide bonds. The molecule has 0 saturated heterocycles. The van der Waals surface area contributed by atoms with Gasteiger partial charge in [-0.15, -0.1) is 34.2 Å². The summed E-state index contributed by atoms with van der Waals surface area (Å²) in [5.41, 5.74) is 2.47. The second-order valence-electron chi connectivity index (χ2n) is 5.07. The molecule has 0 bridgehead atoms. The number of hydrogen-bond donors (Lipinski definition) is 2. The zero-order chi connectivity index (χ0) is 16.1. The predicted molar refractivity (Wildman–Crippen MR) is 107 cm³/mol. The number of hydrogen-bond acceptors (Lipinski definition) is 3. The monoisotopic (exact) mass is 492 g/mol. The van der Waals surface area contributed by atoms with Gasteiger partial charge < -0.3 is 15.2 Å². The molecule has 0 atom stereocenters. The molecule has 0 spiro atoms. The van der Waals surface area contributed by atoms with E-state index in [2.05, 4.69) is 60.8 Å². The lowest BCUT2D eigenvalue weighted by Gasteiger charge is -2.13. The van der Waals surface area contributed by atoms with Crippen LogP contribution < -0.4 is 10.6 Å². The van der Waals surface area contributed by atoms with Gasteiger partial charge in [0.1, 0.15) is 5.82 Å². The van der Waals surface area contributed by atoms with Crippen LogP contribution >= 0.6 is 39.9 Å². The maximum atomic E-state index is 4.23. The Balaban J connectivity index is 0.00000264. The Hall–Kier alpha value is -1.16. The lowest BCUT2D eigenvalue weighted by Crippen LogP contribution is -2.37. The number of aromatic nitrogens is 3. The van der Waals surface area contributed by atoms with Gasteiger partial charge in [0.25, 0.3) is 0 Å². The van der Waals surface area contributed by atoms with Crippen molar-refractivity contribution in [1.82, 2.24) is 25.4 Å². The minimum atomic E-state index is 0. The highest BCUT2D eigenvalue weighted by molar-refractivity contribution is 14.0. The molecule has 0 radical (unpaired) electrons. The van der Waals surface area contributed by atoms with Crippen molar-refractivity contribution in [1.29, 1.82) is 0 Å². The quantitative estimate of drug-likeness (QED) is 0.391. The van der Waals surface area contributed by atoms with E-state index in [4.69, 9.17) is 0 Å². The van der Waals surface area contributed by atoms with Gasteiger partial charge in [-0.05, 0) is 37.1 Å². The van der Waals surface area contributed by atoms with Gasteiger partial charge in [-0.25, -0.2) is 0 Å². The van der Waals surface area contributed by atoms with Gasteiger partial charge >= 0.3 is 0 Å². The Morgan fingerprint density at radius 2 is 1.91 bits per heavy atom. The maximum absolute atomic E-state index is 4.23. The highest BCUT2D eigenvalue weighted by Gasteiger charge is 2.06. The van der Waals surface area contributed by atoms with E-state index in [9.17, 15) is 0 Å². The second kappa shape index (κ2) is 9.21. The van der Waals surface area contributed by atoms with Crippen LogP contribution in [0.25, 0.3) is 0 Å². The van der Waals surface area contributed by atoms with Crippen LogP contribution in [0.15, 0.2) is 27.7 Å². The van der Waals surface area contributed by atoms with Crippen molar-refractivity contribution in [3.05, 3.63) is 45.4 Å². The number of nitrogens with one attached hydrogen (secondary N) is 2. The minimum absolute atomic E-state index is 0. The van der Waals surface area contributed by atoms with Crippen LogP contribution in [0.5, 0.6) is 0 Å². The Morgan fingerprint density at radius 1 is 1.22 bits per heavy atom. The molecule has 126 valence electrons. The maximum Gasteiger partial charge on any atom is 0.191 e. The van der Waals surface area contributed by atoms with Crippen molar-refractivity contribution < 1.29 is 0 Å². The summed E-state index contributed by atoms with van der Waals surface area (Å²) in [5, 5.41) is 14.7.